The lowest BCUT2D eigenvalue weighted by atomic mass is 10.4. The maximum atomic E-state index is 11.4. The number of halogens is 2. The molecule has 0 fully saturated rings. The lowest BCUT2D eigenvalue weighted by molar-refractivity contribution is 0.550. The van der Waals surface area contributed by atoms with Crippen molar-refractivity contribution in [3.05, 3.63) is 37.3 Å². The van der Waals surface area contributed by atoms with Crippen LogP contribution in [-0.2, 0) is 0 Å². The molecule has 0 aliphatic rings. The Kier molecular flexibility index (Phi) is 2.79. The molecule has 78 valence electrons. The van der Waals surface area contributed by atoms with Gasteiger partial charge in [-0.25, -0.2) is 4.98 Å². The highest BCUT2D eigenvalue weighted by Crippen LogP contribution is 2.22. The van der Waals surface area contributed by atoms with E-state index in [2.05, 4.69) is 41.8 Å². The van der Waals surface area contributed by atoms with Gasteiger partial charge in [0.2, 0.25) is 0 Å². The molecule has 0 atom stereocenters. The zero-order chi connectivity index (χ0) is 11.0. The van der Waals surface area contributed by atoms with E-state index < -0.39 is 0 Å². The first-order chi connectivity index (χ1) is 7.08. The molecule has 15 heavy (non-hydrogen) atoms. The fourth-order valence-corrected chi connectivity index (χ4v) is 1.62. The predicted octanol–water partition coefficient (Wildman–Crippen LogP) is 2.86. The molecule has 0 bridgehead atoms. The molecule has 0 aromatic carbocycles. The molecule has 6 heteroatoms. The van der Waals surface area contributed by atoms with Crippen molar-refractivity contribution in [2.75, 3.05) is 0 Å². The number of nitrogens with one attached hydrogen (secondary N) is 1. The topological polar surface area (TPSA) is 58.9 Å². The van der Waals surface area contributed by atoms with Crippen LogP contribution in [0.25, 0.3) is 11.6 Å². The largest absolute Gasteiger partial charge is 0.446 e. The average Bonchev–Trinajstić information content (AvgIpc) is 2.60. The minimum absolute atomic E-state index is 0.218. The standard InChI is InChI=1S/C9H6Br2N2O2/c1-4-7(11)9(14)13-8(12-4)5-2-3-6(10)15-5/h2-3H,1H3,(H,12,13,14). The summed E-state index contributed by atoms with van der Waals surface area (Å²) >= 11 is 6.33. The van der Waals surface area contributed by atoms with Crippen LogP contribution in [0.4, 0.5) is 0 Å². The van der Waals surface area contributed by atoms with Crippen LogP contribution in [-0.4, -0.2) is 9.97 Å². The molecule has 0 unspecified atom stereocenters. The average molecular weight is 334 g/mol. The number of aromatic nitrogens is 2. The first-order valence-electron chi connectivity index (χ1n) is 4.10. The molecule has 2 aromatic heterocycles. The van der Waals surface area contributed by atoms with Crippen LogP contribution in [0.15, 0.2) is 30.5 Å². The third-order valence-electron chi connectivity index (χ3n) is 1.84. The molecular formula is C9H6Br2N2O2. The van der Waals surface area contributed by atoms with Crippen molar-refractivity contribution in [3.63, 3.8) is 0 Å². The van der Waals surface area contributed by atoms with Gasteiger partial charge in [-0.1, -0.05) is 0 Å². The van der Waals surface area contributed by atoms with Gasteiger partial charge in [0.25, 0.3) is 5.56 Å². The van der Waals surface area contributed by atoms with Gasteiger partial charge >= 0.3 is 0 Å². The molecule has 0 amide bonds. The second-order valence-electron chi connectivity index (χ2n) is 2.92. The van der Waals surface area contributed by atoms with Gasteiger partial charge < -0.3 is 9.40 Å². The van der Waals surface area contributed by atoms with Crippen LogP contribution in [0.5, 0.6) is 0 Å². The van der Waals surface area contributed by atoms with Crippen LogP contribution in [0.1, 0.15) is 5.69 Å². The Labute approximate surface area is 102 Å². The zero-order valence-corrected chi connectivity index (χ0v) is 10.8. The Morgan fingerprint density at radius 2 is 2.13 bits per heavy atom. The number of aryl methyl sites for hydroxylation is 1. The quantitative estimate of drug-likeness (QED) is 0.873. The van der Waals surface area contributed by atoms with Gasteiger partial charge in [0.1, 0.15) is 4.47 Å². The van der Waals surface area contributed by atoms with Gasteiger partial charge in [-0.2, -0.15) is 0 Å². The summed E-state index contributed by atoms with van der Waals surface area (Å²) in [5.41, 5.74) is 0.409. The van der Waals surface area contributed by atoms with Crippen LogP contribution in [0.2, 0.25) is 0 Å². The van der Waals surface area contributed by atoms with Crippen LogP contribution in [0, 0.1) is 6.92 Å². The lowest BCUT2D eigenvalue weighted by Gasteiger charge is -1.99. The smallest absolute Gasteiger partial charge is 0.265 e. The fourth-order valence-electron chi connectivity index (χ4n) is 1.13. The number of rotatable bonds is 1. The van der Waals surface area contributed by atoms with Crippen LogP contribution in [0.3, 0.4) is 0 Å². The van der Waals surface area contributed by atoms with E-state index >= 15 is 0 Å². The van der Waals surface area contributed by atoms with Gasteiger partial charge in [0.15, 0.2) is 16.3 Å². The second kappa shape index (κ2) is 3.94. The SMILES string of the molecule is Cc1nc(-c2ccc(Br)o2)[nH]c(=O)c1Br. The highest BCUT2D eigenvalue weighted by molar-refractivity contribution is 9.10. The Bertz CT molecular complexity index is 559. The van der Waals surface area contributed by atoms with Gasteiger partial charge in [-0.05, 0) is 50.9 Å². The molecule has 4 nitrogen and oxygen atoms in total. The maximum Gasteiger partial charge on any atom is 0.265 e. The highest BCUT2D eigenvalue weighted by Gasteiger charge is 2.09. The first-order valence-corrected chi connectivity index (χ1v) is 5.68. The highest BCUT2D eigenvalue weighted by atomic mass is 79.9. The Hall–Kier alpha value is -0.880. The van der Waals surface area contributed by atoms with Crippen LogP contribution < -0.4 is 5.56 Å². The van der Waals surface area contributed by atoms with Crippen molar-refractivity contribution < 1.29 is 4.42 Å². The van der Waals surface area contributed by atoms with E-state index in [0.717, 1.165) is 0 Å². The fraction of sp³-hybridized carbons (Fsp3) is 0.111. The number of hydrogen-bond acceptors (Lipinski definition) is 3. The molecule has 0 radical (unpaired) electrons. The van der Waals surface area contributed by atoms with E-state index in [1.807, 2.05) is 0 Å². The zero-order valence-electron chi connectivity index (χ0n) is 7.67. The summed E-state index contributed by atoms with van der Waals surface area (Å²) in [6, 6.07) is 3.47. The third kappa shape index (κ3) is 2.05. The van der Waals surface area contributed by atoms with Crippen molar-refractivity contribution in [1.29, 1.82) is 0 Å². The number of aromatic amines is 1. The molecule has 0 aliphatic heterocycles. The maximum absolute atomic E-state index is 11.4. The molecule has 2 heterocycles. The van der Waals surface area contributed by atoms with E-state index in [-0.39, 0.29) is 5.56 Å². The Morgan fingerprint density at radius 1 is 1.40 bits per heavy atom. The number of furan rings is 1. The van der Waals surface area contributed by atoms with Crippen LogP contribution >= 0.6 is 31.9 Å². The summed E-state index contributed by atoms with van der Waals surface area (Å²) in [5.74, 6) is 0.945. The minimum atomic E-state index is -0.218. The molecule has 0 spiro atoms. The summed E-state index contributed by atoms with van der Waals surface area (Å²) in [6.45, 7) is 1.75. The lowest BCUT2D eigenvalue weighted by Crippen LogP contribution is -2.11. The summed E-state index contributed by atoms with van der Waals surface area (Å²) in [6.07, 6.45) is 0. The third-order valence-corrected chi connectivity index (χ3v) is 3.20. The van der Waals surface area contributed by atoms with Gasteiger partial charge in [-0.3, -0.25) is 4.79 Å². The minimum Gasteiger partial charge on any atom is -0.446 e. The Morgan fingerprint density at radius 3 is 2.67 bits per heavy atom. The molecule has 0 aliphatic carbocycles. The van der Waals surface area contributed by atoms with E-state index in [4.69, 9.17) is 4.42 Å². The van der Waals surface area contributed by atoms with E-state index in [1.54, 1.807) is 19.1 Å². The van der Waals surface area contributed by atoms with E-state index in [1.165, 1.54) is 0 Å². The van der Waals surface area contributed by atoms with Crippen molar-refractivity contribution in [2.24, 2.45) is 0 Å². The summed E-state index contributed by atoms with van der Waals surface area (Å²) < 4.78 is 6.33. The van der Waals surface area contributed by atoms with Crippen molar-refractivity contribution in [3.8, 4) is 11.6 Å². The predicted molar refractivity (Wildman–Crippen MR) is 62.7 cm³/mol. The summed E-state index contributed by atoms with van der Waals surface area (Å²) in [5, 5.41) is 0. The van der Waals surface area contributed by atoms with Crippen molar-refractivity contribution in [1.82, 2.24) is 9.97 Å². The molecule has 2 rings (SSSR count). The molecule has 0 saturated carbocycles. The van der Waals surface area contributed by atoms with E-state index in [0.29, 0.717) is 26.4 Å². The summed E-state index contributed by atoms with van der Waals surface area (Å²) in [4.78, 5) is 18.3. The summed E-state index contributed by atoms with van der Waals surface area (Å²) in [7, 11) is 0. The number of H-pyrrole nitrogens is 1. The number of hydrogen-bond donors (Lipinski definition) is 1. The van der Waals surface area contributed by atoms with Crippen molar-refractivity contribution in [2.45, 2.75) is 6.92 Å². The van der Waals surface area contributed by atoms with Gasteiger partial charge in [-0.15, -0.1) is 0 Å². The monoisotopic (exact) mass is 332 g/mol. The molecular weight excluding hydrogens is 328 g/mol. The second-order valence-corrected chi connectivity index (χ2v) is 4.49. The van der Waals surface area contributed by atoms with Gasteiger partial charge in [0.05, 0.1) is 5.69 Å². The van der Waals surface area contributed by atoms with Gasteiger partial charge in [0, 0.05) is 0 Å². The van der Waals surface area contributed by atoms with E-state index in [9.17, 15) is 4.79 Å². The molecule has 1 N–H and O–H groups in total. The Balaban J connectivity index is 2.60. The number of nitrogens with zero attached hydrogens (tertiary/aromatic N) is 1. The molecule has 0 saturated heterocycles. The van der Waals surface area contributed by atoms with Crippen molar-refractivity contribution >= 4 is 31.9 Å². The first kappa shape index (κ1) is 10.6. The molecule has 2 aromatic rings. The normalized spacial score (nSPS) is 10.6.